The van der Waals surface area contributed by atoms with Crippen LogP contribution in [0.1, 0.15) is 34.5 Å². The smallest absolute Gasteiger partial charge is 0.252 e. The van der Waals surface area contributed by atoms with Crippen LogP contribution in [0.3, 0.4) is 0 Å². The van der Waals surface area contributed by atoms with Crippen molar-refractivity contribution in [2.45, 2.75) is 13.0 Å². The van der Waals surface area contributed by atoms with Gasteiger partial charge in [0.05, 0.1) is 17.7 Å². The van der Waals surface area contributed by atoms with Crippen LogP contribution in [0.15, 0.2) is 47.4 Å². The molecule has 1 aromatic heterocycles. The number of carbonyl (C=O) groups is 1. The van der Waals surface area contributed by atoms with Crippen molar-refractivity contribution in [3.63, 3.8) is 0 Å². The summed E-state index contributed by atoms with van der Waals surface area (Å²) in [5.74, 6) is -0.312. The number of hydrogen-bond acceptors (Lipinski definition) is 3. The van der Waals surface area contributed by atoms with Crippen molar-refractivity contribution in [2.24, 2.45) is 0 Å². The second-order valence-electron chi connectivity index (χ2n) is 4.37. The molecule has 100 valence electrons. The molecule has 0 saturated heterocycles. The lowest BCUT2D eigenvalue weighted by atomic mass is 10.1. The van der Waals surface area contributed by atoms with Crippen LogP contribution in [0, 0.1) is 11.3 Å². The molecule has 0 aliphatic rings. The van der Waals surface area contributed by atoms with Crippen molar-refractivity contribution in [3.8, 4) is 6.07 Å². The highest BCUT2D eigenvalue weighted by Gasteiger charge is 2.11. The van der Waals surface area contributed by atoms with E-state index in [2.05, 4.69) is 10.3 Å². The second kappa shape index (κ2) is 5.85. The molecule has 5 nitrogen and oxygen atoms in total. The average Bonchev–Trinajstić information content (AvgIpc) is 2.47. The van der Waals surface area contributed by atoms with Crippen molar-refractivity contribution in [3.05, 3.63) is 69.6 Å². The van der Waals surface area contributed by atoms with E-state index in [4.69, 9.17) is 5.26 Å². The van der Waals surface area contributed by atoms with Gasteiger partial charge in [-0.15, -0.1) is 0 Å². The summed E-state index contributed by atoms with van der Waals surface area (Å²) in [4.78, 5) is 25.6. The molecule has 20 heavy (non-hydrogen) atoms. The van der Waals surface area contributed by atoms with Crippen LogP contribution < -0.4 is 10.9 Å². The van der Waals surface area contributed by atoms with Crippen molar-refractivity contribution in [2.75, 3.05) is 0 Å². The molecule has 2 aromatic rings. The molecule has 0 radical (unpaired) electrons. The summed E-state index contributed by atoms with van der Waals surface area (Å²) in [5.41, 5.74) is 1.46. The first-order valence-corrected chi connectivity index (χ1v) is 6.10. The van der Waals surface area contributed by atoms with E-state index in [-0.39, 0.29) is 17.5 Å². The Balaban J connectivity index is 2.11. The van der Waals surface area contributed by atoms with Crippen LogP contribution in [0.2, 0.25) is 0 Å². The molecule has 1 unspecified atom stereocenters. The quantitative estimate of drug-likeness (QED) is 0.888. The average molecular weight is 267 g/mol. The second-order valence-corrected chi connectivity index (χ2v) is 4.37. The van der Waals surface area contributed by atoms with Crippen molar-refractivity contribution < 1.29 is 4.79 Å². The topological polar surface area (TPSA) is 85.8 Å². The van der Waals surface area contributed by atoms with E-state index in [0.29, 0.717) is 11.1 Å². The van der Waals surface area contributed by atoms with Gasteiger partial charge in [-0.3, -0.25) is 9.59 Å². The zero-order chi connectivity index (χ0) is 14.5. The van der Waals surface area contributed by atoms with Gasteiger partial charge in [-0.1, -0.05) is 12.1 Å². The lowest BCUT2D eigenvalue weighted by molar-refractivity contribution is 0.0939. The van der Waals surface area contributed by atoms with Gasteiger partial charge >= 0.3 is 0 Å². The van der Waals surface area contributed by atoms with Gasteiger partial charge in [0.15, 0.2) is 0 Å². The van der Waals surface area contributed by atoms with Gasteiger partial charge in [-0.2, -0.15) is 5.26 Å². The number of H-pyrrole nitrogens is 1. The third kappa shape index (κ3) is 3.12. The Hall–Kier alpha value is -2.87. The molecule has 1 amide bonds. The molecule has 0 bridgehead atoms. The molecular weight excluding hydrogens is 254 g/mol. The Morgan fingerprint density at radius 1 is 1.30 bits per heavy atom. The van der Waals surface area contributed by atoms with E-state index in [1.807, 2.05) is 13.0 Å². The highest BCUT2D eigenvalue weighted by molar-refractivity contribution is 5.94. The number of nitrogens with zero attached hydrogens (tertiary/aromatic N) is 1. The zero-order valence-electron chi connectivity index (χ0n) is 10.9. The van der Waals surface area contributed by atoms with E-state index in [9.17, 15) is 9.59 Å². The lowest BCUT2D eigenvalue weighted by Crippen LogP contribution is -2.27. The molecule has 1 heterocycles. The number of rotatable bonds is 3. The molecule has 0 saturated carbocycles. The number of nitrogens with one attached hydrogen (secondary N) is 2. The highest BCUT2D eigenvalue weighted by atomic mass is 16.2. The largest absolute Gasteiger partial charge is 0.346 e. The van der Waals surface area contributed by atoms with Gasteiger partial charge in [-0.25, -0.2) is 0 Å². The Morgan fingerprint density at radius 3 is 2.60 bits per heavy atom. The molecule has 0 aliphatic carbocycles. The number of aromatic amines is 1. The fourth-order valence-electron chi connectivity index (χ4n) is 1.80. The minimum atomic E-state index is -0.316. The fraction of sp³-hybridized carbons (Fsp3) is 0.133. The number of hydrogen-bond donors (Lipinski definition) is 2. The Kier molecular flexibility index (Phi) is 3.96. The zero-order valence-corrected chi connectivity index (χ0v) is 10.9. The summed E-state index contributed by atoms with van der Waals surface area (Å²) >= 11 is 0. The van der Waals surface area contributed by atoms with Gasteiger partial charge in [-0.05, 0) is 30.7 Å². The summed E-state index contributed by atoms with van der Waals surface area (Å²) < 4.78 is 0. The maximum atomic E-state index is 12.0. The molecule has 2 rings (SSSR count). The standard InChI is InChI=1S/C15H13N3O2/c1-10(12-4-2-11(9-16)3-5-12)18-15(20)13-6-7-17-14(19)8-13/h2-8,10H,1H3,(H,17,19)(H,18,20). The van der Waals surface area contributed by atoms with Crippen molar-refractivity contribution >= 4 is 5.91 Å². The molecular formula is C15H13N3O2. The number of carbonyl (C=O) groups excluding carboxylic acids is 1. The van der Waals surface area contributed by atoms with E-state index >= 15 is 0 Å². The Labute approximate surface area is 115 Å². The van der Waals surface area contributed by atoms with Gasteiger partial charge in [0, 0.05) is 17.8 Å². The molecule has 0 spiro atoms. The van der Waals surface area contributed by atoms with Gasteiger partial charge in [0.2, 0.25) is 5.56 Å². The highest BCUT2D eigenvalue weighted by Crippen LogP contribution is 2.13. The predicted octanol–water partition coefficient (Wildman–Crippen LogP) is 1.74. The first-order valence-electron chi connectivity index (χ1n) is 6.10. The molecule has 1 atom stereocenters. The van der Waals surface area contributed by atoms with Crippen molar-refractivity contribution in [1.29, 1.82) is 5.26 Å². The number of benzene rings is 1. The number of aromatic nitrogens is 1. The summed E-state index contributed by atoms with van der Waals surface area (Å²) in [5, 5.41) is 11.5. The van der Waals surface area contributed by atoms with Crippen LogP contribution >= 0.6 is 0 Å². The van der Waals surface area contributed by atoms with Gasteiger partial charge in [0.25, 0.3) is 5.91 Å². The molecule has 0 fully saturated rings. The van der Waals surface area contributed by atoms with Crippen LogP contribution in [0.4, 0.5) is 0 Å². The van der Waals surface area contributed by atoms with Crippen LogP contribution in [0.25, 0.3) is 0 Å². The maximum Gasteiger partial charge on any atom is 0.252 e. The number of pyridine rings is 1. The predicted molar refractivity (Wildman–Crippen MR) is 74.1 cm³/mol. The van der Waals surface area contributed by atoms with Gasteiger partial charge in [0.1, 0.15) is 0 Å². The molecule has 5 heteroatoms. The lowest BCUT2D eigenvalue weighted by Gasteiger charge is -2.14. The number of nitriles is 1. The normalized spacial score (nSPS) is 11.4. The first-order chi connectivity index (χ1) is 9.60. The summed E-state index contributed by atoms with van der Waals surface area (Å²) in [6.07, 6.45) is 1.43. The maximum absolute atomic E-state index is 12.0. The minimum absolute atomic E-state index is 0.213. The van der Waals surface area contributed by atoms with E-state index in [1.54, 1.807) is 30.3 Å². The Bertz CT molecular complexity index is 711. The molecule has 0 aliphatic heterocycles. The fourth-order valence-corrected chi connectivity index (χ4v) is 1.80. The van der Waals surface area contributed by atoms with Crippen LogP contribution in [0.5, 0.6) is 0 Å². The summed E-state index contributed by atoms with van der Waals surface area (Å²) in [6, 6.07) is 11.6. The molecule has 2 N–H and O–H groups in total. The van der Waals surface area contributed by atoms with E-state index in [1.165, 1.54) is 12.3 Å². The van der Waals surface area contributed by atoms with Gasteiger partial charge < -0.3 is 10.3 Å². The summed E-state index contributed by atoms with van der Waals surface area (Å²) in [7, 11) is 0. The summed E-state index contributed by atoms with van der Waals surface area (Å²) in [6.45, 7) is 1.84. The minimum Gasteiger partial charge on any atom is -0.346 e. The van der Waals surface area contributed by atoms with E-state index < -0.39 is 0 Å². The third-order valence-electron chi connectivity index (χ3n) is 2.92. The Morgan fingerprint density at radius 2 is 2.00 bits per heavy atom. The van der Waals surface area contributed by atoms with E-state index in [0.717, 1.165) is 5.56 Å². The SMILES string of the molecule is CC(NC(=O)c1cc[nH]c(=O)c1)c1ccc(C#N)cc1. The van der Waals surface area contributed by atoms with Crippen LogP contribution in [-0.4, -0.2) is 10.9 Å². The monoisotopic (exact) mass is 267 g/mol. The third-order valence-corrected chi connectivity index (χ3v) is 2.92. The molecule has 1 aromatic carbocycles. The number of amides is 1. The van der Waals surface area contributed by atoms with Crippen molar-refractivity contribution in [1.82, 2.24) is 10.3 Å². The first kappa shape index (κ1) is 13.6. The van der Waals surface area contributed by atoms with Crippen LogP contribution in [-0.2, 0) is 0 Å².